The number of hydrogen-bond donors (Lipinski definition) is 0. The van der Waals surface area contributed by atoms with Crippen molar-refractivity contribution in [1.82, 2.24) is 0 Å². The minimum atomic E-state index is 0.917. The van der Waals surface area contributed by atoms with Gasteiger partial charge in [-0.25, -0.2) is 0 Å². The summed E-state index contributed by atoms with van der Waals surface area (Å²) in [4.78, 5) is 2.22. The summed E-state index contributed by atoms with van der Waals surface area (Å²) in [6, 6.07) is 8.12. The van der Waals surface area contributed by atoms with Gasteiger partial charge in [-0.05, 0) is 18.6 Å². The summed E-state index contributed by atoms with van der Waals surface area (Å²) in [6.07, 6.45) is 1.16. The zero-order valence-electron chi connectivity index (χ0n) is 8.58. The topological polar surface area (TPSA) is 12.5 Å². The van der Waals surface area contributed by atoms with Gasteiger partial charge >= 0.3 is 0 Å². The van der Waals surface area contributed by atoms with Gasteiger partial charge in [0.1, 0.15) is 5.75 Å². The van der Waals surface area contributed by atoms with E-state index in [9.17, 15) is 0 Å². The van der Waals surface area contributed by atoms with Crippen LogP contribution in [-0.4, -0.2) is 20.7 Å². The van der Waals surface area contributed by atoms with Crippen LogP contribution in [0.4, 0.5) is 5.69 Å². The zero-order chi connectivity index (χ0) is 9.68. The second-order valence-corrected chi connectivity index (χ2v) is 3.12. The van der Waals surface area contributed by atoms with Gasteiger partial charge in [0.2, 0.25) is 0 Å². The maximum atomic E-state index is 5.16. The van der Waals surface area contributed by atoms with Crippen molar-refractivity contribution in [2.45, 2.75) is 13.3 Å². The van der Waals surface area contributed by atoms with Gasteiger partial charge in [-0.2, -0.15) is 0 Å². The van der Waals surface area contributed by atoms with E-state index in [-0.39, 0.29) is 0 Å². The van der Waals surface area contributed by atoms with Crippen LogP contribution in [-0.2, 0) is 0 Å². The molecular weight excluding hydrogens is 162 g/mol. The number of nitrogens with zero attached hydrogens (tertiary/aromatic N) is 1. The van der Waals surface area contributed by atoms with E-state index in [4.69, 9.17) is 4.74 Å². The smallest absolute Gasteiger partial charge is 0.120 e. The molecule has 0 amide bonds. The van der Waals surface area contributed by atoms with Crippen LogP contribution in [0, 0.1) is 0 Å². The van der Waals surface area contributed by atoms with Crippen molar-refractivity contribution in [2.75, 3.05) is 25.6 Å². The van der Waals surface area contributed by atoms with E-state index >= 15 is 0 Å². The van der Waals surface area contributed by atoms with Crippen LogP contribution in [0.15, 0.2) is 24.3 Å². The van der Waals surface area contributed by atoms with E-state index in [2.05, 4.69) is 31.0 Å². The highest BCUT2D eigenvalue weighted by Gasteiger charge is 1.99. The molecule has 1 rings (SSSR count). The summed E-state index contributed by atoms with van der Waals surface area (Å²) >= 11 is 0. The fourth-order valence-electron chi connectivity index (χ4n) is 1.31. The Bertz CT molecular complexity index is 260. The van der Waals surface area contributed by atoms with Crippen LogP contribution in [0.25, 0.3) is 0 Å². The predicted octanol–water partition coefficient (Wildman–Crippen LogP) is 2.54. The number of rotatable bonds is 4. The molecule has 0 spiro atoms. The van der Waals surface area contributed by atoms with E-state index in [0.717, 1.165) is 18.7 Å². The SMILES string of the molecule is CCCN(C)c1cccc(OC)c1. The van der Waals surface area contributed by atoms with Gasteiger partial charge in [0, 0.05) is 25.3 Å². The maximum absolute atomic E-state index is 5.16. The lowest BCUT2D eigenvalue weighted by molar-refractivity contribution is 0.415. The standard InChI is InChI=1S/C11H17NO/c1-4-8-12(2)10-6-5-7-11(9-10)13-3/h5-7,9H,4,8H2,1-3H3. The monoisotopic (exact) mass is 179 g/mol. The molecule has 13 heavy (non-hydrogen) atoms. The highest BCUT2D eigenvalue weighted by atomic mass is 16.5. The second kappa shape index (κ2) is 4.75. The molecule has 0 bridgehead atoms. The summed E-state index contributed by atoms with van der Waals surface area (Å²) in [5.74, 6) is 0.917. The third kappa shape index (κ3) is 2.65. The fraction of sp³-hybridized carbons (Fsp3) is 0.455. The molecule has 2 heteroatoms. The van der Waals surface area contributed by atoms with E-state index in [1.54, 1.807) is 7.11 Å². The van der Waals surface area contributed by atoms with Crippen LogP contribution in [0.1, 0.15) is 13.3 Å². The Morgan fingerprint density at radius 1 is 1.38 bits per heavy atom. The molecule has 1 aromatic carbocycles. The molecule has 0 aliphatic rings. The Morgan fingerprint density at radius 2 is 2.15 bits per heavy atom. The van der Waals surface area contributed by atoms with Crippen LogP contribution in [0.2, 0.25) is 0 Å². The summed E-state index contributed by atoms with van der Waals surface area (Å²) < 4.78 is 5.16. The molecule has 0 saturated heterocycles. The molecular formula is C11H17NO. The second-order valence-electron chi connectivity index (χ2n) is 3.12. The Morgan fingerprint density at radius 3 is 2.77 bits per heavy atom. The molecule has 1 aromatic rings. The largest absolute Gasteiger partial charge is 0.497 e. The molecule has 72 valence electrons. The number of methoxy groups -OCH3 is 1. The Labute approximate surface area is 80.1 Å². The predicted molar refractivity (Wildman–Crippen MR) is 56.6 cm³/mol. The van der Waals surface area contributed by atoms with Crippen molar-refractivity contribution in [1.29, 1.82) is 0 Å². The molecule has 0 fully saturated rings. The summed E-state index contributed by atoms with van der Waals surface area (Å²) in [6.45, 7) is 3.25. The minimum Gasteiger partial charge on any atom is -0.497 e. The molecule has 0 atom stereocenters. The van der Waals surface area contributed by atoms with E-state index in [0.29, 0.717) is 0 Å². The molecule has 0 unspecified atom stereocenters. The number of benzene rings is 1. The lowest BCUT2D eigenvalue weighted by Crippen LogP contribution is -2.17. The molecule has 2 nitrogen and oxygen atoms in total. The first-order valence-corrected chi connectivity index (χ1v) is 4.63. The Hall–Kier alpha value is -1.18. The molecule has 0 aliphatic carbocycles. The fourth-order valence-corrected chi connectivity index (χ4v) is 1.31. The first-order chi connectivity index (χ1) is 6.27. The summed E-state index contributed by atoms with van der Waals surface area (Å²) in [7, 11) is 3.79. The summed E-state index contributed by atoms with van der Waals surface area (Å²) in [5, 5.41) is 0. The number of hydrogen-bond acceptors (Lipinski definition) is 2. The van der Waals surface area contributed by atoms with Gasteiger partial charge in [-0.15, -0.1) is 0 Å². The van der Waals surface area contributed by atoms with Crippen LogP contribution in [0.3, 0.4) is 0 Å². The number of ether oxygens (including phenoxy) is 1. The lowest BCUT2D eigenvalue weighted by atomic mass is 10.2. The van der Waals surface area contributed by atoms with Crippen molar-refractivity contribution in [2.24, 2.45) is 0 Å². The average Bonchev–Trinajstić information content (AvgIpc) is 2.18. The Kier molecular flexibility index (Phi) is 3.62. The third-order valence-corrected chi connectivity index (χ3v) is 2.05. The molecule has 0 radical (unpaired) electrons. The van der Waals surface area contributed by atoms with E-state index in [1.165, 1.54) is 5.69 Å². The minimum absolute atomic E-state index is 0.917. The normalized spacial score (nSPS) is 9.77. The van der Waals surface area contributed by atoms with Crippen molar-refractivity contribution in [3.63, 3.8) is 0 Å². The van der Waals surface area contributed by atoms with Crippen molar-refractivity contribution < 1.29 is 4.74 Å². The van der Waals surface area contributed by atoms with Gasteiger partial charge < -0.3 is 9.64 Å². The van der Waals surface area contributed by atoms with E-state index in [1.807, 2.05) is 12.1 Å². The van der Waals surface area contributed by atoms with Crippen LogP contribution in [0.5, 0.6) is 5.75 Å². The van der Waals surface area contributed by atoms with Gasteiger partial charge in [-0.3, -0.25) is 0 Å². The van der Waals surface area contributed by atoms with Gasteiger partial charge in [0.15, 0.2) is 0 Å². The van der Waals surface area contributed by atoms with E-state index < -0.39 is 0 Å². The molecule has 0 N–H and O–H groups in total. The zero-order valence-corrected chi connectivity index (χ0v) is 8.58. The molecule has 0 heterocycles. The molecule has 0 aliphatic heterocycles. The lowest BCUT2D eigenvalue weighted by Gasteiger charge is -2.18. The highest BCUT2D eigenvalue weighted by Crippen LogP contribution is 2.19. The van der Waals surface area contributed by atoms with Crippen molar-refractivity contribution in [3.05, 3.63) is 24.3 Å². The van der Waals surface area contributed by atoms with Crippen LogP contribution < -0.4 is 9.64 Å². The van der Waals surface area contributed by atoms with Crippen molar-refractivity contribution in [3.8, 4) is 5.75 Å². The van der Waals surface area contributed by atoms with Gasteiger partial charge in [-0.1, -0.05) is 13.0 Å². The highest BCUT2D eigenvalue weighted by molar-refractivity contribution is 5.49. The van der Waals surface area contributed by atoms with Crippen LogP contribution >= 0.6 is 0 Å². The first-order valence-electron chi connectivity index (χ1n) is 4.63. The third-order valence-electron chi connectivity index (χ3n) is 2.05. The summed E-state index contributed by atoms with van der Waals surface area (Å²) in [5.41, 5.74) is 1.21. The van der Waals surface area contributed by atoms with Gasteiger partial charge in [0.05, 0.1) is 7.11 Å². The molecule has 0 saturated carbocycles. The quantitative estimate of drug-likeness (QED) is 0.704. The maximum Gasteiger partial charge on any atom is 0.120 e. The average molecular weight is 179 g/mol. The molecule has 0 aromatic heterocycles. The Balaban J connectivity index is 2.75. The number of anilines is 1. The first kappa shape index (κ1) is 9.90. The van der Waals surface area contributed by atoms with Crippen molar-refractivity contribution >= 4 is 5.69 Å². The van der Waals surface area contributed by atoms with Gasteiger partial charge in [0.25, 0.3) is 0 Å².